The molecule has 0 saturated carbocycles. The molecule has 1 atom stereocenters. The lowest BCUT2D eigenvalue weighted by Crippen LogP contribution is -2.33. The second kappa shape index (κ2) is 7.00. The Kier molecular flexibility index (Phi) is 4.89. The number of rotatable bonds is 3. The number of nitrogens with two attached hydrogens (primary N) is 1. The highest BCUT2D eigenvalue weighted by Gasteiger charge is 2.33. The van der Waals surface area contributed by atoms with Gasteiger partial charge in [0.25, 0.3) is 0 Å². The van der Waals surface area contributed by atoms with Gasteiger partial charge in [-0.3, -0.25) is 5.10 Å². The van der Waals surface area contributed by atoms with Gasteiger partial charge in [0.2, 0.25) is 0 Å². The van der Waals surface area contributed by atoms with E-state index in [1.807, 2.05) is 20.8 Å². The summed E-state index contributed by atoms with van der Waals surface area (Å²) in [5.74, 6) is -0.264. The number of nitrogen functional groups attached to an aromatic ring is 1. The molecule has 1 saturated heterocycles. The van der Waals surface area contributed by atoms with E-state index in [4.69, 9.17) is 15.2 Å². The first-order valence-electron chi connectivity index (χ1n) is 8.75. The number of ether oxygens (including phenoxy) is 2. The Hall–Kier alpha value is -2.92. The molecule has 1 aliphatic rings. The number of anilines is 1. The lowest BCUT2D eigenvalue weighted by Gasteiger charge is -2.36. The average Bonchev–Trinajstić information content (AvgIpc) is 3.10. The number of methoxy groups -OCH3 is 1. The zero-order chi connectivity index (χ0) is 19.8. The van der Waals surface area contributed by atoms with Gasteiger partial charge in [-0.25, -0.2) is 9.78 Å². The van der Waals surface area contributed by atoms with Crippen molar-refractivity contribution in [2.24, 2.45) is 0 Å². The summed E-state index contributed by atoms with van der Waals surface area (Å²) >= 11 is 0. The molecule has 3 rings (SSSR count). The summed E-state index contributed by atoms with van der Waals surface area (Å²) in [6.45, 7) is 6.63. The van der Waals surface area contributed by atoms with Crippen LogP contribution in [0.1, 0.15) is 59.9 Å². The second-order valence-corrected chi connectivity index (χ2v) is 7.32. The predicted octanol–water partition coefficient (Wildman–Crippen LogP) is 2.69. The van der Waals surface area contributed by atoms with Crippen molar-refractivity contribution >= 4 is 11.8 Å². The molecule has 0 aromatic carbocycles. The third kappa shape index (κ3) is 3.38. The van der Waals surface area contributed by atoms with Gasteiger partial charge in [-0.15, -0.1) is 0 Å². The molecule has 8 nitrogen and oxygen atoms in total. The van der Waals surface area contributed by atoms with E-state index in [0.29, 0.717) is 17.7 Å². The summed E-state index contributed by atoms with van der Waals surface area (Å²) in [5, 5.41) is 16.3. The zero-order valence-electron chi connectivity index (χ0n) is 15.9. The van der Waals surface area contributed by atoms with Crippen molar-refractivity contribution in [1.29, 1.82) is 5.26 Å². The van der Waals surface area contributed by atoms with Gasteiger partial charge >= 0.3 is 5.97 Å². The van der Waals surface area contributed by atoms with Crippen LogP contribution in [0.25, 0.3) is 11.1 Å². The lowest BCUT2D eigenvalue weighted by atomic mass is 9.82. The maximum atomic E-state index is 12.1. The van der Waals surface area contributed by atoms with Crippen LogP contribution in [0.5, 0.6) is 0 Å². The van der Waals surface area contributed by atoms with Crippen molar-refractivity contribution in [1.82, 2.24) is 15.2 Å². The van der Waals surface area contributed by atoms with Crippen LogP contribution in [-0.4, -0.2) is 40.5 Å². The van der Waals surface area contributed by atoms with Gasteiger partial charge in [0.15, 0.2) is 5.69 Å². The zero-order valence-corrected chi connectivity index (χ0v) is 15.9. The summed E-state index contributed by atoms with van der Waals surface area (Å²) in [6, 6.07) is 2.12. The van der Waals surface area contributed by atoms with Gasteiger partial charge in [-0.2, -0.15) is 10.4 Å². The number of pyridine rings is 1. The van der Waals surface area contributed by atoms with E-state index in [2.05, 4.69) is 21.3 Å². The SMILES string of the molecule is COC(=O)c1[nH]ncc1-c1c(C)c(C2CCOC(C)(C)C2)nc(N)c1C#N. The summed E-state index contributed by atoms with van der Waals surface area (Å²) < 4.78 is 10.6. The van der Waals surface area contributed by atoms with Gasteiger partial charge in [-0.1, -0.05) is 0 Å². The maximum Gasteiger partial charge on any atom is 0.356 e. The first-order valence-corrected chi connectivity index (χ1v) is 8.75. The molecule has 3 heterocycles. The van der Waals surface area contributed by atoms with Crippen LogP contribution in [0.15, 0.2) is 6.20 Å². The van der Waals surface area contributed by atoms with E-state index in [0.717, 1.165) is 24.1 Å². The first kappa shape index (κ1) is 18.9. The van der Waals surface area contributed by atoms with Crippen LogP contribution in [0.3, 0.4) is 0 Å². The molecule has 2 aromatic heterocycles. The van der Waals surface area contributed by atoms with Crippen LogP contribution in [-0.2, 0) is 9.47 Å². The number of hydrogen-bond acceptors (Lipinski definition) is 7. The smallest absolute Gasteiger partial charge is 0.356 e. The summed E-state index contributed by atoms with van der Waals surface area (Å²) in [4.78, 5) is 16.6. The Bertz CT molecular complexity index is 926. The Morgan fingerprint density at radius 3 is 2.89 bits per heavy atom. The molecule has 27 heavy (non-hydrogen) atoms. The highest BCUT2D eigenvalue weighted by atomic mass is 16.5. The normalized spacial score (nSPS) is 18.7. The van der Waals surface area contributed by atoms with Gasteiger partial charge < -0.3 is 15.2 Å². The minimum absolute atomic E-state index is 0.148. The van der Waals surface area contributed by atoms with E-state index < -0.39 is 5.97 Å². The Morgan fingerprint density at radius 2 is 2.26 bits per heavy atom. The number of esters is 1. The largest absolute Gasteiger partial charge is 0.464 e. The molecule has 0 radical (unpaired) electrons. The average molecular weight is 369 g/mol. The first-order chi connectivity index (χ1) is 12.8. The number of H-pyrrole nitrogens is 1. The van der Waals surface area contributed by atoms with Gasteiger partial charge in [0, 0.05) is 29.3 Å². The fraction of sp³-hybridized carbons (Fsp3) is 0.474. The fourth-order valence-corrected chi connectivity index (χ4v) is 3.76. The van der Waals surface area contributed by atoms with Crippen molar-refractivity contribution < 1.29 is 14.3 Å². The highest BCUT2D eigenvalue weighted by Crippen LogP contribution is 2.41. The standard InChI is InChI=1S/C19H23N5O3/c1-10-14(13-9-22-24-16(13)18(25)26-4)12(8-20)17(21)23-15(10)11-5-6-27-19(2,3)7-11/h9,11H,5-7H2,1-4H3,(H2,21,23)(H,22,24). The number of carbonyl (C=O) groups excluding carboxylic acids is 1. The molecule has 1 fully saturated rings. The molecule has 3 N–H and O–H groups in total. The molecule has 0 spiro atoms. The third-order valence-corrected chi connectivity index (χ3v) is 5.00. The van der Waals surface area contributed by atoms with Crippen LogP contribution in [0.4, 0.5) is 5.82 Å². The molecule has 1 aliphatic heterocycles. The van der Waals surface area contributed by atoms with E-state index in [-0.39, 0.29) is 28.6 Å². The molecule has 0 bridgehead atoms. The van der Waals surface area contributed by atoms with Gasteiger partial charge in [0.05, 0.1) is 18.9 Å². The Morgan fingerprint density at radius 1 is 1.52 bits per heavy atom. The Balaban J connectivity index is 2.20. The quantitative estimate of drug-likeness (QED) is 0.796. The van der Waals surface area contributed by atoms with Gasteiger partial charge in [0.1, 0.15) is 17.5 Å². The fourth-order valence-electron chi connectivity index (χ4n) is 3.76. The van der Waals surface area contributed by atoms with Crippen molar-refractivity contribution in [3.05, 3.63) is 28.7 Å². The molecular weight excluding hydrogens is 346 g/mol. The van der Waals surface area contributed by atoms with Crippen LogP contribution >= 0.6 is 0 Å². The number of nitrogens with one attached hydrogen (secondary N) is 1. The topological polar surface area (TPSA) is 127 Å². The molecular formula is C19H23N5O3. The summed E-state index contributed by atoms with van der Waals surface area (Å²) in [5.41, 5.74) is 8.98. The molecule has 0 aliphatic carbocycles. The predicted molar refractivity (Wildman–Crippen MR) is 99.0 cm³/mol. The van der Waals surface area contributed by atoms with Crippen LogP contribution in [0.2, 0.25) is 0 Å². The number of aromatic nitrogens is 3. The molecule has 8 heteroatoms. The minimum atomic E-state index is -0.560. The van der Waals surface area contributed by atoms with Crippen LogP contribution < -0.4 is 5.73 Å². The maximum absolute atomic E-state index is 12.1. The molecule has 142 valence electrons. The van der Waals surface area contributed by atoms with E-state index in [9.17, 15) is 10.1 Å². The number of aromatic amines is 1. The second-order valence-electron chi connectivity index (χ2n) is 7.32. The van der Waals surface area contributed by atoms with Gasteiger partial charge in [-0.05, 0) is 39.2 Å². The van der Waals surface area contributed by atoms with E-state index in [1.54, 1.807) is 0 Å². The summed E-state index contributed by atoms with van der Waals surface area (Å²) in [6.07, 6.45) is 3.12. The molecule has 0 amide bonds. The number of nitriles is 1. The Labute approximate surface area is 157 Å². The number of carbonyl (C=O) groups is 1. The number of hydrogen-bond donors (Lipinski definition) is 2. The monoisotopic (exact) mass is 369 g/mol. The minimum Gasteiger partial charge on any atom is -0.464 e. The summed E-state index contributed by atoms with van der Waals surface area (Å²) in [7, 11) is 1.29. The van der Waals surface area contributed by atoms with Crippen molar-refractivity contribution in [3.8, 4) is 17.2 Å². The lowest BCUT2D eigenvalue weighted by molar-refractivity contribution is -0.0598. The number of nitrogens with zero attached hydrogens (tertiary/aromatic N) is 3. The highest BCUT2D eigenvalue weighted by molar-refractivity contribution is 5.97. The van der Waals surface area contributed by atoms with Crippen molar-refractivity contribution in [3.63, 3.8) is 0 Å². The van der Waals surface area contributed by atoms with Crippen molar-refractivity contribution in [2.75, 3.05) is 19.5 Å². The van der Waals surface area contributed by atoms with Crippen LogP contribution in [0, 0.1) is 18.3 Å². The molecule has 1 unspecified atom stereocenters. The van der Waals surface area contributed by atoms with E-state index >= 15 is 0 Å². The molecule has 2 aromatic rings. The van der Waals surface area contributed by atoms with E-state index in [1.165, 1.54) is 13.3 Å². The van der Waals surface area contributed by atoms with Crippen molar-refractivity contribution in [2.45, 2.75) is 45.1 Å². The third-order valence-electron chi connectivity index (χ3n) is 5.00.